The molecule has 1 aromatic carbocycles. The van der Waals surface area contributed by atoms with Gasteiger partial charge in [0.2, 0.25) is 5.91 Å². The van der Waals surface area contributed by atoms with E-state index in [9.17, 15) is 4.79 Å². The van der Waals surface area contributed by atoms with E-state index in [4.69, 9.17) is 10.3 Å². The van der Waals surface area contributed by atoms with Crippen molar-refractivity contribution in [3.63, 3.8) is 0 Å². The van der Waals surface area contributed by atoms with Crippen LogP contribution in [0.4, 0.5) is 0 Å². The molecule has 1 atom stereocenters. The second-order valence-corrected chi connectivity index (χ2v) is 5.71. The van der Waals surface area contributed by atoms with E-state index < -0.39 is 5.41 Å². The van der Waals surface area contributed by atoms with E-state index in [-0.39, 0.29) is 11.9 Å². The highest BCUT2D eigenvalue weighted by atomic mass is 16.5. The summed E-state index contributed by atoms with van der Waals surface area (Å²) < 4.78 is 5.28. The van der Waals surface area contributed by atoms with Gasteiger partial charge in [0.25, 0.3) is 5.89 Å². The van der Waals surface area contributed by atoms with Crippen LogP contribution in [0.5, 0.6) is 0 Å². The predicted molar refractivity (Wildman–Crippen MR) is 88.4 cm³/mol. The van der Waals surface area contributed by atoms with Gasteiger partial charge in [-0.15, -0.1) is 0 Å². The molecule has 124 valence electrons. The Hall–Kier alpha value is -2.21. The van der Waals surface area contributed by atoms with Crippen molar-refractivity contribution in [2.45, 2.75) is 39.7 Å². The minimum Gasteiger partial charge on any atom is -0.346 e. The highest BCUT2D eigenvalue weighted by Gasteiger charge is 2.34. The third-order valence-corrected chi connectivity index (χ3v) is 4.42. The van der Waals surface area contributed by atoms with Crippen molar-refractivity contribution in [3.05, 3.63) is 36.2 Å². The van der Waals surface area contributed by atoms with E-state index in [1.807, 2.05) is 51.1 Å². The van der Waals surface area contributed by atoms with Crippen LogP contribution in [-0.2, 0) is 4.79 Å². The largest absolute Gasteiger partial charge is 0.346 e. The van der Waals surface area contributed by atoms with Gasteiger partial charge in [0.15, 0.2) is 5.82 Å². The summed E-state index contributed by atoms with van der Waals surface area (Å²) in [7, 11) is 0. The Morgan fingerprint density at radius 3 is 2.52 bits per heavy atom. The van der Waals surface area contributed by atoms with Crippen molar-refractivity contribution in [1.29, 1.82) is 0 Å². The molecule has 1 unspecified atom stereocenters. The minimum absolute atomic E-state index is 0.0661. The summed E-state index contributed by atoms with van der Waals surface area (Å²) in [5.74, 6) is 0.830. The topological polar surface area (TPSA) is 94.0 Å². The third-order valence-electron chi connectivity index (χ3n) is 4.42. The molecule has 0 spiro atoms. The van der Waals surface area contributed by atoms with Crippen LogP contribution in [0.3, 0.4) is 0 Å². The molecule has 1 heterocycles. The number of aromatic nitrogens is 2. The highest BCUT2D eigenvalue weighted by Crippen LogP contribution is 2.26. The van der Waals surface area contributed by atoms with Crippen LogP contribution in [0.1, 0.15) is 45.5 Å². The summed E-state index contributed by atoms with van der Waals surface area (Å²) >= 11 is 0. The van der Waals surface area contributed by atoms with Gasteiger partial charge in [-0.3, -0.25) is 4.79 Å². The Balaban J connectivity index is 2.11. The van der Waals surface area contributed by atoms with Crippen molar-refractivity contribution in [2.24, 2.45) is 11.1 Å². The summed E-state index contributed by atoms with van der Waals surface area (Å²) in [5, 5.41) is 6.92. The molecular formula is C17H24N4O2. The molecule has 23 heavy (non-hydrogen) atoms. The highest BCUT2D eigenvalue weighted by molar-refractivity contribution is 5.83. The van der Waals surface area contributed by atoms with Crippen LogP contribution >= 0.6 is 0 Å². The second-order valence-electron chi connectivity index (χ2n) is 5.71. The molecule has 6 heteroatoms. The van der Waals surface area contributed by atoms with Gasteiger partial charge in [-0.2, -0.15) is 4.98 Å². The fraction of sp³-hybridized carbons (Fsp3) is 0.471. The van der Waals surface area contributed by atoms with Gasteiger partial charge in [-0.1, -0.05) is 37.2 Å². The van der Waals surface area contributed by atoms with Crippen molar-refractivity contribution in [3.8, 4) is 11.5 Å². The Labute approximate surface area is 136 Å². The number of nitrogens with one attached hydrogen (secondary N) is 1. The zero-order chi connectivity index (χ0) is 16.9. The summed E-state index contributed by atoms with van der Waals surface area (Å²) in [5.41, 5.74) is 6.12. The van der Waals surface area contributed by atoms with Gasteiger partial charge >= 0.3 is 0 Å². The van der Waals surface area contributed by atoms with Crippen LogP contribution in [0.25, 0.3) is 11.5 Å². The van der Waals surface area contributed by atoms with Crippen LogP contribution in [0.2, 0.25) is 0 Å². The van der Waals surface area contributed by atoms with Crippen LogP contribution in [0.15, 0.2) is 34.9 Å². The molecule has 0 aliphatic carbocycles. The lowest BCUT2D eigenvalue weighted by Crippen LogP contribution is -2.46. The summed E-state index contributed by atoms with van der Waals surface area (Å²) in [6.45, 7) is 6.11. The fourth-order valence-electron chi connectivity index (χ4n) is 2.48. The fourth-order valence-corrected chi connectivity index (χ4v) is 2.48. The molecule has 0 aliphatic heterocycles. The normalized spacial score (nSPS) is 12.9. The lowest BCUT2D eigenvalue weighted by atomic mass is 9.81. The molecule has 6 nitrogen and oxygen atoms in total. The van der Waals surface area contributed by atoms with Crippen LogP contribution in [-0.4, -0.2) is 22.6 Å². The summed E-state index contributed by atoms with van der Waals surface area (Å²) in [6, 6.07) is 9.19. The first-order chi connectivity index (χ1) is 11.1. The van der Waals surface area contributed by atoms with E-state index >= 15 is 0 Å². The molecule has 3 N–H and O–H groups in total. The Bertz CT molecular complexity index is 627. The molecule has 0 saturated carbocycles. The van der Waals surface area contributed by atoms with Gasteiger partial charge in [0.05, 0.1) is 11.5 Å². The van der Waals surface area contributed by atoms with Crippen molar-refractivity contribution >= 4 is 5.91 Å². The van der Waals surface area contributed by atoms with Gasteiger partial charge in [0, 0.05) is 12.1 Å². The molecular weight excluding hydrogens is 292 g/mol. The molecule has 2 aromatic rings. The minimum atomic E-state index is -0.541. The SMILES string of the molecule is CCC(CC)(CN)C(=O)NC(C)c1noc(-c2ccccc2)n1. The molecule has 0 saturated heterocycles. The Kier molecular flexibility index (Phi) is 5.50. The Morgan fingerprint density at radius 2 is 1.96 bits per heavy atom. The van der Waals surface area contributed by atoms with E-state index in [1.165, 1.54) is 0 Å². The molecule has 0 radical (unpaired) electrons. The maximum Gasteiger partial charge on any atom is 0.257 e. The molecule has 1 amide bonds. The standard InChI is InChI=1S/C17H24N4O2/c1-4-17(5-2,11-18)16(22)19-12(3)14-20-15(23-21-14)13-9-7-6-8-10-13/h6-10,12H,4-5,11,18H2,1-3H3,(H,19,22). The van der Waals surface area contributed by atoms with Crippen molar-refractivity contribution < 1.29 is 9.32 Å². The number of rotatable bonds is 7. The van der Waals surface area contributed by atoms with Gasteiger partial charge in [-0.25, -0.2) is 0 Å². The first-order valence-corrected chi connectivity index (χ1v) is 7.96. The van der Waals surface area contributed by atoms with Gasteiger partial charge < -0.3 is 15.6 Å². The smallest absolute Gasteiger partial charge is 0.257 e. The van der Waals surface area contributed by atoms with Crippen LogP contribution < -0.4 is 11.1 Å². The van der Waals surface area contributed by atoms with Crippen molar-refractivity contribution in [1.82, 2.24) is 15.5 Å². The number of carbonyl (C=O) groups is 1. The number of hydrogen-bond donors (Lipinski definition) is 2. The number of amides is 1. The lowest BCUT2D eigenvalue weighted by Gasteiger charge is -2.29. The maximum absolute atomic E-state index is 12.5. The van der Waals surface area contributed by atoms with E-state index in [1.54, 1.807) is 0 Å². The average molecular weight is 316 g/mol. The predicted octanol–water partition coefficient (Wildman–Crippen LogP) is 2.68. The second kappa shape index (κ2) is 7.37. The molecule has 0 fully saturated rings. The first-order valence-electron chi connectivity index (χ1n) is 7.96. The zero-order valence-corrected chi connectivity index (χ0v) is 13.9. The van der Waals surface area contributed by atoms with E-state index in [0.29, 0.717) is 31.1 Å². The number of nitrogens with zero attached hydrogens (tertiary/aromatic N) is 2. The number of carbonyl (C=O) groups excluding carboxylic acids is 1. The van der Waals surface area contributed by atoms with Gasteiger partial charge in [0.1, 0.15) is 0 Å². The maximum atomic E-state index is 12.5. The molecule has 1 aromatic heterocycles. The summed E-state index contributed by atoms with van der Waals surface area (Å²) in [6.07, 6.45) is 1.39. The van der Waals surface area contributed by atoms with E-state index in [0.717, 1.165) is 5.56 Å². The zero-order valence-electron chi connectivity index (χ0n) is 13.9. The van der Waals surface area contributed by atoms with E-state index in [2.05, 4.69) is 15.5 Å². The molecule has 2 rings (SSSR count). The number of nitrogens with two attached hydrogens (primary N) is 1. The summed E-state index contributed by atoms with van der Waals surface area (Å²) in [4.78, 5) is 16.9. The molecule has 0 bridgehead atoms. The lowest BCUT2D eigenvalue weighted by molar-refractivity contribution is -0.131. The third kappa shape index (κ3) is 3.59. The van der Waals surface area contributed by atoms with Gasteiger partial charge in [-0.05, 0) is 31.9 Å². The first kappa shape index (κ1) is 17.1. The number of hydrogen-bond acceptors (Lipinski definition) is 5. The monoisotopic (exact) mass is 316 g/mol. The van der Waals surface area contributed by atoms with Crippen molar-refractivity contribution in [2.75, 3.05) is 6.54 Å². The Morgan fingerprint density at radius 1 is 1.30 bits per heavy atom. The quantitative estimate of drug-likeness (QED) is 0.819. The van der Waals surface area contributed by atoms with Crippen LogP contribution in [0, 0.1) is 5.41 Å². The number of benzene rings is 1. The molecule has 0 aliphatic rings. The average Bonchev–Trinajstić information content (AvgIpc) is 3.08.